The molecule has 0 saturated carbocycles. The second-order valence-corrected chi connectivity index (χ2v) is 4.54. The van der Waals surface area contributed by atoms with Crippen molar-refractivity contribution in [2.24, 2.45) is 5.73 Å². The van der Waals surface area contributed by atoms with E-state index in [1.54, 1.807) is 13.2 Å². The molecule has 0 amide bonds. The van der Waals surface area contributed by atoms with Crippen molar-refractivity contribution >= 4 is 17.6 Å². The van der Waals surface area contributed by atoms with Gasteiger partial charge in [-0.3, -0.25) is 4.79 Å². The SMILES string of the molecule is COc1ccc(C(N)CCCCC(=O)O)c(Cl)c1. The summed E-state index contributed by atoms with van der Waals surface area (Å²) in [6.07, 6.45) is 2.31. The molecule has 0 heterocycles. The van der Waals surface area contributed by atoms with Gasteiger partial charge in [0.15, 0.2) is 0 Å². The molecule has 0 aliphatic carbocycles. The molecule has 1 rings (SSSR count). The van der Waals surface area contributed by atoms with Gasteiger partial charge >= 0.3 is 5.97 Å². The fourth-order valence-electron chi connectivity index (χ4n) is 1.73. The van der Waals surface area contributed by atoms with Crippen LogP contribution in [0.25, 0.3) is 0 Å². The van der Waals surface area contributed by atoms with E-state index in [1.807, 2.05) is 12.1 Å². The zero-order valence-corrected chi connectivity index (χ0v) is 11.1. The van der Waals surface area contributed by atoms with E-state index in [2.05, 4.69) is 0 Å². The van der Waals surface area contributed by atoms with Gasteiger partial charge in [0.05, 0.1) is 7.11 Å². The first-order valence-corrected chi connectivity index (χ1v) is 6.23. The standard InChI is InChI=1S/C13H18ClNO3/c1-18-9-6-7-10(11(14)8-9)12(15)4-2-3-5-13(16)17/h6-8,12H,2-5,15H2,1H3,(H,16,17). The molecule has 0 spiro atoms. The van der Waals surface area contributed by atoms with Crippen LogP contribution in [0.2, 0.25) is 5.02 Å². The minimum absolute atomic E-state index is 0.169. The van der Waals surface area contributed by atoms with Crippen LogP contribution in [0.3, 0.4) is 0 Å². The molecule has 5 heteroatoms. The van der Waals surface area contributed by atoms with Crippen molar-refractivity contribution in [1.82, 2.24) is 0 Å². The maximum absolute atomic E-state index is 10.4. The van der Waals surface area contributed by atoms with Gasteiger partial charge in [-0.05, 0) is 30.5 Å². The van der Waals surface area contributed by atoms with E-state index in [0.29, 0.717) is 17.2 Å². The molecule has 1 unspecified atom stereocenters. The number of methoxy groups -OCH3 is 1. The van der Waals surface area contributed by atoms with Crippen molar-refractivity contribution in [3.63, 3.8) is 0 Å². The van der Waals surface area contributed by atoms with E-state index < -0.39 is 5.97 Å². The number of halogens is 1. The van der Waals surface area contributed by atoms with Gasteiger partial charge in [-0.2, -0.15) is 0 Å². The topological polar surface area (TPSA) is 72.5 Å². The number of rotatable bonds is 7. The van der Waals surface area contributed by atoms with E-state index in [-0.39, 0.29) is 12.5 Å². The number of nitrogens with two attached hydrogens (primary N) is 1. The third kappa shape index (κ3) is 4.55. The molecule has 0 saturated heterocycles. The first-order valence-electron chi connectivity index (χ1n) is 5.85. The largest absolute Gasteiger partial charge is 0.497 e. The summed E-state index contributed by atoms with van der Waals surface area (Å²) in [5, 5.41) is 9.11. The van der Waals surface area contributed by atoms with Crippen molar-refractivity contribution in [2.75, 3.05) is 7.11 Å². The monoisotopic (exact) mass is 271 g/mol. The number of carbonyl (C=O) groups is 1. The third-order valence-electron chi connectivity index (χ3n) is 2.76. The molecule has 1 atom stereocenters. The van der Waals surface area contributed by atoms with Crippen LogP contribution in [0.5, 0.6) is 5.75 Å². The van der Waals surface area contributed by atoms with E-state index in [4.69, 9.17) is 27.2 Å². The highest BCUT2D eigenvalue weighted by Crippen LogP contribution is 2.28. The fourth-order valence-corrected chi connectivity index (χ4v) is 2.04. The van der Waals surface area contributed by atoms with Gasteiger partial charge in [0.2, 0.25) is 0 Å². The lowest BCUT2D eigenvalue weighted by Gasteiger charge is -2.14. The Labute approximate surface area is 112 Å². The highest BCUT2D eigenvalue weighted by atomic mass is 35.5. The van der Waals surface area contributed by atoms with Crippen LogP contribution in [-0.2, 0) is 4.79 Å². The Morgan fingerprint density at radius 1 is 1.50 bits per heavy atom. The summed E-state index contributed by atoms with van der Waals surface area (Å²) >= 11 is 6.11. The van der Waals surface area contributed by atoms with E-state index in [0.717, 1.165) is 18.4 Å². The Morgan fingerprint density at radius 2 is 2.22 bits per heavy atom. The first kappa shape index (κ1) is 14.8. The van der Waals surface area contributed by atoms with Gasteiger partial charge in [0, 0.05) is 17.5 Å². The van der Waals surface area contributed by atoms with Gasteiger partial charge in [-0.15, -0.1) is 0 Å². The van der Waals surface area contributed by atoms with Crippen LogP contribution in [0, 0.1) is 0 Å². The van der Waals surface area contributed by atoms with Crippen molar-refractivity contribution in [3.8, 4) is 5.75 Å². The zero-order valence-electron chi connectivity index (χ0n) is 10.4. The highest BCUT2D eigenvalue weighted by Gasteiger charge is 2.11. The normalized spacial score (nSPS) is 12.2. The minimum Gasteiger partial charge on any atom is -0.497 e. The molecule has 3 N–H and O–H groups in total. The third-order valence-corrected chi connectivity index (χ3v) is 3.09. The molecule has 0 radical (unpaired) electrons. The summed E-state index contributed by atoms with van der Waals surface area (Å²) in [6.45, 7) is 0. The number of unbranched alkanes of at least 4 members (excludes halogenated alkanes) is 1. The molecule has 0 aromatic heterocycles. The molecule has 0 aliphatic rings. The number of carboxylic acid groups (broad SMARTS) is 1. The summed E-state index contributed by atoms with van der Waals surface area (Å²) in [7, 11) is 1.58. The van der Waals surface area contributed by atoms with Gasteiger partial charge in [-0.25, -0.2) is 0 Å². The molecule has 18 heavy (non-hydrogen) atoms. The Balaban J connectivity index is 2.50. The van der Waals surface area contributed by atoms with Crippen molar-refractivity contribution in [3.05, 3.63) is 28.8 Å². The van der Waals surface area contributed by atoms with Gasteiger partial charge in [-0.1, -0.05) is 24.1 Å². The molecule has 1 aromatic rings. The van der Waals surface area contributed by atoms with Crippen LogP contribution >= 0.6 is 11.6 Å². The predicted octanol–water partition coefficient (Wildman–Crippen LogP) is 2.99. The van der Waals surface area contributed by atoms with Crippen molar-refractivity contribution in [2.45, 2.75) is 31.7 Å². The number of aliphatic carboxylic acids is 1. The minimum atomic E-state index is -0.772. The van der Waals surface area contributed by atoms with Gasteiger partial charge < -0.3 is 15.6 Å². The van der Waals surface area contributed by atoms with E-state index in [1.165, 1.54) is 0 Å². The molecule has 1 aromatic carbocycles. The second kappa shape index (κ2) is 7.24. The van der Waals surface area contributed by atoms with Crippen LogP contribution in [-0.4, -0.2) is 18.2 Å². The maximum atomic E-state index is 10.4. The number of carboxylic acids is 1. The predicted molar refractivity (Wildman–Crippen MR) is 71.0 cm³/mol. The van der Waals surface area contributed by atoms with Crippen molar-refractivity contribution in [1.29, 1.82) is 0 Å². The van der Waals surface area contributed by atoms with Crippen LogP contribution in [0.15, 0.2) is 18.2 Å². The van der Waals surface area contributed by atoms with Crippen molar-refractivity contribution < 1.29 is 14.6 Å². The summed E-state index contributed by atoms with van der Waals surface area (Å²) in [4.78, 5) is 10.4. The average molecular weight is 272 g/mol. The average Bonchev–Trinajstić information content (AvgIpc) is 2.33. The quantitative estimate of drug-likeness (QED) is 0.748. The second-order valence-electron chi connectivity index (χ2n) is 4.13. The zero-order chi connectivity index (χ0) is 13.5. The summed E-state index contributed by atoms with van der Waals surface area (Å²) in [6, 6.07) is 5.23. The number of ether oxygens (including phenoxy) is 1. The molecule has 100 valence electrons. The number of benzene rings is 1. The van der Waals surface area contributed by atoms with Crippen LogP contribution < -0.4 is 10.5 Å². The van der Waals surface area contributed by atoms with Gasteiger partial charge in [0.1, 0.15) is 5.75 Å². The number of hydrogen-bond acceptors (Lipinski definition) is 3. The molecule has 0 aliphatic heterocycles. The fraction of sp³-hybridized carbons (Fsp3) is 0.462. The molecule has 4 nitrogen and oxygen atoms in total. The van der Waals surface area contributed by atoms with E-state index >= 15 is 0 Å². The molecular weight excluding hydrogens is 254 g/mol. The summed E-state index contributed by atoms with van der Waals surface area (Å²) < 4.78 is 5.06. The molecular formula is C13H18ClNO3. The summed E-state index contributed by atoms with van der Waals surface area (Å²) in [5.41, 5.74) is 6.90. The Morgan fingerprint density at radius 3 is 2.78 bits per heavy atom. The van der Waals surface area contributed by atoms with Gasteiger partial charge in [0.25, 0.3) is 0 Å². The lowest BCUT2D eigenvalue weighted by molar-refractivity contribution is -0.137. The Hall–Kier alpha value is -1.26. The summed E-state index contributed by atoms with van der Waals surface area (Å²) in [5.74, 6) is -0.0760. The lowest BCUT2D eigenvalue weighted by Crippen LogP contribution is -2.11. The van der Waals surface area contributed by atoms with Crippen LogP contribution in [0.4, 0.5) is 0 Å². The lowest BCUT2D eigenvalue weighted by atomic mass is 10.0. The molecule has 0 bridgehead atoms. The maximum Gasteiger partial charge on any atom is 0.303 e. The first-order chi connectivity index (χ1) is 8.54. The smallest absolute Gasteiger partial charge is 0.303 e. The highest BCUT2D eigenvalue weighted by molar-refractivity contribution is 6.31. The van der Waals surface area contributed by atoms with Crippen LogP contribution in [0.1, 0.15) is 37.3 Å². The Kier molecular flexibility index (Phi) is 5.95. The molecule has 0 fully saturated rings. The van der Waals surface area contributed by atoms with E-state index in [9.17, 15) is 4.79 Å². The Bertz CT molecular complexity index is 409. The number of hydrogen-bond donors (Lipinski definition) is 2.